The smallest absolute Gasteiger partial charge is 0.325 e. The number of carbonyl (C=O) groups excluding carboxylic acids is 3. The van der Waals surface area contributed by atoms with Crippen LogP contribution in [0.3, 0.4) is 0 Å². The maximum absolute atomic E-state index is 12.8. The van der Waals surface area contributed by atoms with E-state index in [1.165, 1.54) is 11.3 Å². The van der Waals surface area contributed by atoms with Crippen molar-refractivity contribution in [2.75, 3.05) is 11.9 Å². The first-order valence-electron chi connectivity index (χ1n) is 9.11. The van der Waals surface area contributed by atoms with Crippen LogP contribution in [0.5, 0.6) is 0 Å². The molecule has 0 bridgehead atoms. The highest BCUT2D eigenvalue weighted by Crippen LogP contribution is 2.31. The number of nitrogens with one attached hydrogen (secondary N) is 2. The number of urea groups is 1. The second kappa shape index (κ2) is 7.52. The van der Waals surface area contributed by atoms with Gasteiger partial charge in [0.1, 0.15) is 6.54 Å². The summed E-state index contributed by atoms with van der Waals surface area (Å²) in [4.78, 5) is 39.2. The molecule has 29 heavy (non-hydrogen) atoms. The number of thiophene rings is 1. The van der Waals surface area contributed by atoms with E-state index in [1.54, 1.807) is 25.1 Å². The van der Waals surface area contributed by atoms with Gasteiger partial charge in [-0.15, -0.1) is 11.3 Å². The summed E-state index contributed by atoms with van der Waals surface area (Å²) >= 11 is 1.39. The average Bonchev–Trinajstić information content (AvgIpc) is 3.34. The Kier molecular flexibility index (Phi) is 4.90. The lowest BCUT2D eigenvalue weighted by Gasteiger charge is -2.20. The lowest BCUT2D eigenvalue weighted by atomic mass is 10.0. The summed E-state index contributed by atoms with van der Waals surface area (Å²) in [5.41, 5.74) is 1.58. The van der Waals surface area contributed by atoms with Crippen molar-refractivity contribution in [1.29, 1.82) is 0 Å². The van der Waals surface area contributed by atoms with Gasteiger partial charge in [-0.3, -0.25) is 14.5 Å². The lowest BCUT2D eigenvalue weighted by molar-refractivity contribution is -0.133. The maximum Gasteiger partial charge on any atom is 0.325 e. The number of anilines is 1. The molecule has 6 nitrogen and oxygen atoms in total. The van der Waals surface area contributed by atoms with Gasteiger partial charge in [0.2, 0.25) is 5.91 Å². The van der Waals surface area contributed by atoms with E-state index in [1.807, 2.05) is 53.9 Å². The Balaban J connectivity index is 1.42. The molecule has 1 unspecified atom stereocenters. The van der Waals surface area contributed by atoms with Crippen LogP contribution in [0.2, 0.25) is 0 Å². The van der Waals surface area contributed by atoms with Crippen molar-refractivity contribution in [3.8, 4) is 11.1 Å². The van der Waals surface area contributed by atoms with Gasteiger partial charge >= 0.3 is 6.03 Å². The Labute approximate surface area is 172 Å². The van der Waals surface area contributed by atoms with Gasteiger partial charge in [-0.05, 0) is 41.6 Å². The van der Waals surface area contributed by atoms with E-state index in [0.717, 1.165) is 20.9 Å². The number of rotatable bonds is 5. The Morgan fingerprint density at radius 2 is 1.69 bits per heavy atom. The van der Waals surface area contributed by atoms with Gasteiger partial charge in [-0.1, -0.05) is 48.5 Å². The van der Waals surface area contributed by atoms with E-state index in [-0.39, 0.29) is 6.54 Å². The van der Waals surface area contributed by atoms with E-state index in [9.17, 15) is 14.4 Å². The Bertz CT molecular complexity index is 1050. The second-order valence-corrected chi connectivity index (χ2v) is 7.86. The van der Waals surface area contributed by atoms with Gasteiger partial charge in [0.15, 0.2) is 5.54 Å². The van der Waals surface area contributed by atoms with Gasteiger partial charge in [0.05, 0.1) is 0 Å². The van der Waals surface area contributed by atoms with E-state index >= 15 is 0 Å². The quantitative estimate of drug-likeness (QED) is 0.634. The van der Waals surface area contributed by atoms with Gasteiger partial charge in [0, 0.05) is 10.6 Å². The third-order valence-corrected chi connectivity index (χ3v) is 5.96. The highest BCUT2D eigenvalue weighted by Gasteiger charge is 2.50. The molecule has 0 radical (unpaired) electrons. The van der Waals surface area contributed by atoms with Crippen molar-refractivity contribution >= 4 is 34.9 Å². The molecule has 2 N–H and O–H groups in total. The number of benzene rings is 2. The number of hydrogen-bond acceptors (Lipinski definition) is 4. The molecule has 0 aliphatic carbocycles. The van der Waals surface area contributed by atoms with Crippen LogP contribution in [0.25, 0.3) is 11.1 Å². The zero-order chi connectivity index (χ0) is 20.4. The summed E-state index contributed by atoms with van der Waals surface area (Å²) in [5, 5.41) is 7.28. The van der Waals surface area contributed by atoms with Crippen LogP contribution < -0.4 is 10.6 Å². The summed E-state index contributed by atoms with van der Waals surface area (Å²) in [6, 6.07) is 20.4. The van der Waals surface area contributed by atoms with Crippen molar-refractivity contribution in [3.05, 3.63) is 77.0 Å². The molecular weight excluding hydrogens is 386 g/mol. The minimum absolute atomic E-state index is 0.341. The summed E-state index contributed by atoms with van der Waals surface area (Å²) in [5.74, 6) is -0.865. The zero-order valence-electron chi connectivity index (χ0n) is 15.7. The fourth-order valence-corrected chi connectivity index (χ4v) is 4.13. The van der Waals surface area contributed by atoms with Crippen molar-refractivity contribution in [3.63, 3.8) is 0 Å². The number of imide groups is 1. The van der Waals surface area contributed by atoms with E-state index in [2.05, 4.69) is 10.6 Å². The van der Waals surface area contributed by atoms with Gasteiger partial charge in [-0.25, -0.2) is 4.79 Å². The molecule has 4 amide bonds. The first-order valence-corrected chi connectivity index (χ1v) is 9.99. The largest absolute Gasteiger partial charge is 0.325 e. The topological polar surface area (TPSA) is 78.5 Å². The average molecular weight is 405 g/mol. The highest BCUT2D eigenvalue weighted by atomic mass is 32.1. The first kappa shape index (κ1) is 18.9. The molecule has 1 aromatic heterocycles. The maximum atomic E-state index is 12.8. The standard InChI is InChI=1S/C22H19N3O3S/c1-22(18-8-5-13-29-18)20(27)25(21(28)24-22)14-19(26)23-17-11-9-16(10-12-17)15-6-3-2-4-7-15/h2-13H,14H2,1H3,(H,23,26)(H,24,28). The number of hydrogen-bond donors (Lipinski definition) is 2. The summed E-state index contributed by atoms with van der Waals surface area (Å²) in [6.45, 7) is 1.31. The van der Waals surface area contributed by atoms with Crippen molar-refractivity contribution < 1.29 is 14.4 Å². The number of amides is 4. The Morgan fingerprint density at radius 1 is 1.00 bits per heavy atom. The van der Waals surface area contributed by atoms with E-state index in [4.69, 9.17) is 0 Å². The number of carbonyl (C=O) groups is 3. The van der Waals surface area contributed by atoms with Crippen LogP contribution in [0.1, 0.15) is 11.8 Å². The minimum Gasteiger partial charge on any atom is -0.325 e. The molecule has 0 saturated carbocycles. The molecule has 3 aromatic rings. The van der Waals surface area contributed by atoms with Crippen molar-refractivity contribution in [2.24, 2.45) is 0 Å². The van der Waals surface area contributed by atoms with Crippen LogP contribution in [0, 0.1) is 0 Å². The van der Waals surface area contributed by atoms with Gasteiger partial charge in [-0.2, -0.15) is 0 Å². The Morgan fingerprint density at radius 3 is 2.34 bits per heavy atom. The molecule has 1 atom stereocenters. The predicted octanol–water partition coefficient (Wildman–Crippen LogP) is 3.82. The van der Waals surface area contributed by atoms with Crippen LogP contribution in [0.4, 0.5) is 10.5 Å². The molecule has 0 spiro atoms. The third kappa shape index (κ3) is 3.64. The van der Waals surface area contributed by atoms with Gasteiger partial charge < -0.3 is 10.6 Å². The number of nitrogens with zero attached hydrogens (tertiary/aromatic N) is 1. The summed E-state index contributed by atoms with van der Waals surface area (Å²) in [6.07, 6.45) is 0. The van der Waals surface area contributed by atoms with E-state index < -0.39 is 23.4 Å². The zero-order valence-corrected chi connectivity index (χ0v) is 16.5. The second-order valence-electron chi connectivity index (χ2n) is 6.92. The minimum atomic E-state index is -1.14. The summed E-state index contributed by atoms with van der Waals surface area (Å²) < 4.78 is 0. The van der Waals surface area contributed by atoms with E-state index in [0.29, 0.717) is 5.69 Å². The predicted molar refractivity (Wildman–Crippen MR) is 112 cm³/mol. The van der Waals surface area contributed by atoms with Crippen LogP contribution >= 0.6 is 11.3 Å². The highest BCUT2D eigenvalue weighted by molar-refractivity contribution is 7.10. The molecular formula is C22H19N3O3S. The molecule has 1 aliphatic rings. The molecule has 1 fully saturated rings. The molecule has 2 aromatic carbocycles. The monoisotopic (exact) mass is 405 g/mol. The van der Waals surface area contributed by atoms with Crippen molar-refractivity contribution in [2.45, 2.75) is 12.5 Å². The SMILES string of the molecule is CC1(c2cccs2)NC(=O)N(CC(=O)Nc2ccc(-c3ccccc3)cc2)C1=O. The van der Waals surface area contributed by atoms with Crippen molar-refractivity contribution in [1.82, 2.24) is 10.2 Å². The first-order chi connectivity index (χ1) is 14.0. The molecule has 2 heterocycles. The molecule has 146 valence electrons. The molecule has 1 saturated heterocycles. The third-order valence-electron chi connectivity index (χ3n) is 4.87. The summed E-state index contributed by atoms with van der Waals surface area (Å²) in [7, 11) is 0. The van der Waals surface area contributed by atoms with Crippen LogP contribution in [-0.2, 0) is 15.1 Å². The molecule has 4 rings (SSSR count). The van der Waals surface area contributed by atoms with Crippen LogP contribution in [0.15, 0.2) is 72.1 Å². The van der Waals surface area contributed by atoms with Crippen LogP contribution in [-0.4, -0.2) is 29.3 Å². The molecule has 1 aliphatic heterocycles. The molecule has 7 heteroatoms. The Hall–Kier alpha value is -3.45. The van der Waals surface area contributed by atoms with Gasteiger partial charge in [0.25, 0.3) is 5.91 Å². The normalized spacial score (nSPS) is 18.6. The fourth-order valence-electron chi connectivity index (χ4n) is 3.29. The fraction of sp³-hybridized carbons (Fsp3) is 0.136. The lowest BCUT2D eigenvalue weighted by Crippen LogP contribution is -2.41.